The van der Waals surface area contributed by atoms with Crippen LogP contribution in [0.3, 0.4) is 0 Å². The van der Waals surface area contributed by atoms with E-state index in [1.807, 2.05) is 30.3 Å². The molecule has 2 aromatic carbocycles. The van der Waals surface area contributed by atoms with Crippen molar-refractivity contribution in [3.05, 3.63) is 84.0 Å². The third-order valence-corrected chi connectivity index (χ3v) is 6.40. The second kappa shape index (κ2) is 7.77. The van der Waals surface area contributed by atoms with Crippen molar-refractivity contribution in [3.63, 3.8) is 0 Å². The molecule has 3 heterocycles. The maximum absolute atomic E-state index is 13.3. The van der Waals surface area contributed by atoms with Gasteiger partial charge in [-0.3, -0.25) is 0 Å². The molecule has 0 spiro atoms. The Kier molecular flexibility index (Phi) is 4.83. The van der Waals surface area contributed by atoms with E-state index in [2.05, 4.69) is 20.6 Å². The van der Waals surface area contributed by atoms with Crippen LogP contribution in [-0.4, -0.2) is 15.2 Å². The van der Waals surface area contributed by atoms with Gasteiger partial charge in [0.25, 0.3) is 0 Å². The Hall–Kier alpha value is -3.03. The first-order chi connectivity index (χ1) is 14.3. The SMILES string of the molecule is Fc1ccc(-c2nnc(SCc3csc(-c4ccoc4)n3)c3ccccc23)cc1. The van der Waals surface area contributed by atoms with E-state index in [9.17, 15) is 4.39 Å². The Balaban J connectivity index is 1.44. The molecule has 7 heteroatoms. The van der Waals surface area contributed by atoms with Crippen LogP contribution in [-0.2, 0) is 5.75 Å². The van der Waals surface area contributed by atoms with Gasteiger partial charge in [0.2, 0.25) is 0 Å². The summed E-state index contributed by atoms with van der Waals surface area (Å²) in [5.74, 6) is 0.430. The Bertz CT molecular complexity index is 1270. The van der Waals surface area contributed by atoms with Crippen LogP contribution in [0.25, 0.3) is 32.6 Å². The maximum atomic E-state index is 13.3. The fourth-order valence-electron chi connectivity index (χ4n) is 3.04. The molecule has 142 valence electrons. The van der Waals surface area contributed by atoms with E-state index in [4.69, 9.17) is 4.42 Å². The molecule has 0 atom stereocenters. The minimum Gasteiger partial charge on any atom is -0.472 e. The highest BCUT2D eigenvalue weighted by Gasteiger charge is 2.13. The summed E-state index contributed by atoms with van der Waals surface area (Å²) in [5, 5.41) is 14.8. The molecule has 0 aliphatic carbocycles. The summed E-state index contributed by atoms with van der Waals surface area (Å²) in [7, 11) is 0. The molecule has 5 rings (SSSR count). The molecule has 0 aliphatic heterocycles. The highest BCUT2D eigenvalue weighted by atomic mass is 32.2. The summed E-state index contributed by atoms with van der Waals surface area (Å²) in [5.41, 5.74) is 3.57. The van der Waals surface area contributed by atoms with Crippen LogP contribution < -0.4 is 0 Å². The monoisotopic (exact) mass is 419 g/mol. The molecule has 0 fully saturated rings. The second-order valence-electron chi connectivity index (χ2n) is 6.35. The van der Waals surface area contributed by atoms with E-state index >= 15 is 0 Å². The van der Waals surface area contributed by atoms with Gasteiger partial charge >= 0.3 is 0 Å². The zero-order chi connectivity index (χ0) is 19.6. The first kappa shape index (κ1) is 18.0. The molecule has 0 radical (unpaired) electrons. The number of thioether (sulfide) groups is 1. The number of furan rings is 1. The lowest BCUT2D eigenvalue weighted by molar-refractivity contribution is 0.568. The van der Waals surface area contributed by atoms with E-state index in [0.717, 1.165) is 43.3 Å². The molecule has 0 N–H and O–H groups in total. The molecule has 0 saturated heterocycles. The molecule has 0 aliphatic rings. The number of aromatic nitrogens is 3. The van der Waals surface area contributed by atoms with E-state index in [0.29, 0.717) is 5.75 Å². The second-order valence-corrected chi connectivity index (χ2v) is 8.17. The molecule has 0 unspecified atom stereocenters. The number of hydrogen-bond acceptors (Lipinski definition) is 6. The van der Waals surface area contributed by atoms with Gasteiger partial charge in [-0.1, -0.05) is 36.0 Å². The standard InChI is InChI=1S/C22H14FN3OS2/c23-16-7-5-14(6-8-16)20-18-3-1-2-4-19(18)22(26-25-20)29-13-17-12-28-21(24-17)15-9-10-27-11-15/h1-12H,13H2. The largest absolute Gasteiger partial charge is 0.472 e. The van der Waals surface area contributed by atoms with Crippen LogP contribution in [0.4, 0.5) is 4.39 Å². The Labute approximate surface area is 174 Å². The zero-order valence-electron chi connectivity index (χ0n) is 15.1. The van der Waals surface area contributed by atoms with Crippen LogP contribution in [0, 0.1) is 5.82 Å². The van der Waals surface area contributed by atoms with Crippen LogP contribution >= 0.6 is 23.1 Å². The Morgan fingerprint density at radius 2 is 1.76 bits per heavy atom. The summed E-state index contributed by atoms with van der Waals surface area (Å²) >= 11 is 3.20. The van der Waals surface area contributed by atoms with E-state index in [1.54, 1.807) is 47.8 Å². The molecule has 0 bridgehead atoms. The summed E-state index contributed by atoms with van der Waals surface area (Å²) in [6.45, 7) is 0. The fourth-order valence-corrected chi connectivity index (χ4v) is 4.82. The van der Waals surface area contributed by atoms with Crippen molar-refractivity contribution in [2.75, 3.05) is 0 Å². The highest BCUT2D eigenvalue weighted by molar-refractivity contribution is 7.98. The number of nitrogens with zero attached hydrogens (tertiary/aromatic N) is 3. The number of thiazole rings is 1. The zero-order valence-corrected chi connectivity index (χ0v) is 16.7. The van der Waals surface area contributed by atoms with Crippen molar-refractivity contribution in [1.29, 1.82) is 0 Å². The number of rotatable bonds is 5. The van der Waals surface area contributed by atoms with Crippen molar-refractivity contribution < 1.29 is 8.81 Å². The molecule has 29 heavy (non-hydrogen) atoms. The van der Waals surface area contributed by atoms with Gasteiger partial charge in [-0.05, 0) is 30.3 Å². The highest BCUT2D eigenvalue weighted by Crippen LogP contribution is 2.34. The lowest BCUT2D eigenvalue weighted by atomic mass is 10.1. The van der Waals surface area contributed by atoms with Crippen molar-refractivity contribution in [3.8, 4) is 21.8 Å². The first-order valence-electron chi connectivity index (χ1n) is 8.89. The van der Waals surface area contributed by atoms with E-state index < -0.39 is 0 Å². The summed E-state index contributed by atoms with van der Waals surface area (Å²) in [6, 6.07) is 16.3. The lowest BCUT2D eigenvalue weighted by Crippen LogP contribution is -1.94. The summed E-state index contributed by atoms with van der Waals surface area (Å²) < 4.78 is 18.4. The number of fused-ring (bicyclic) bond motifs is 1. The Morgan fingerprint density at radius 1 is 0.931 bits per heavy atom. The van der Waals surface area contributed by atoms with Crippen LogP contribution in [0.1, 0.15) is 5.69 Å². The normalized spacial score (nSPS) is 11.2. The Morgan fingerprint density at radius 3 is 2.55 bits per heavy atom. The predicted octanol–water partition coefficient (Wildman–Crippen LogP) is 6.44. The average molecular weight is 420 g/mol. The summed E-state index contributed by atoms with van der Waals surface area (Å²) in [6.07, 6.45) is 3.35. The lowest BCUT2D eigenvalue weighted by Gasteiger charge is -2.08. The van der Waals surface area contributed by atoms with Gasteiger partial charge in [0.05, 0.1) is 12.0 Å². The van der Waals surface area contributed by atoms with Crippen molar-refractivity contribution in [2.45, 2.75) is 10.8 Å². The summed E-state index contributed by atoms with van der Waals surface area (Å²) in [4.78, 5) is 4.68. The quantitative estimate of drug-likeness (QED) is 0.307. The third kappa shape index (κ3) is 3.66. The molecule has 0 saturated carbocycles. The van der Waals surface area contributed by atoms with Gasteiger partial charge in [-0.15, -0.1) is 21.5 Å². The van der Waals surface area contributed by atoms with Crippen molar-refractivity contribution >= 4 is 33.9 Å². The van der Waals surface area contributed by atoms with Crippen LogP contribution in [0.15, 0.2) is 81.9 Å². The maximum Gasteiger partial charge on any atom is 0.127 e. The molecular weight excluding hydrogens is 405 g/mol. The van der Waals surface area contributed by atoms with Gasteiger partial charge in [0.1, 0.15) is 27.8 Å². The van der Waals surface area contributed by atoms with Crippen molar-refractivity contribution in [2.24, 2.45) is 0 Å². The smallest absolute Gasteiger partial charge is 0.127 e. The molecule has 3 aromatic heterocycles. The third-order valence-electron chi connectivity index (χ3n) is 4.45. The fraction of sp³-hybridized carbons (Fsp3) is 0.0455. The van der Waals surface area contributed by atoms with Crippen molar-refractivity contribution in [1.82, 2.24) is 15.2 Å². The van der Waals surface area contributed by atoms with Gasteiger partial charge in [0, 0.05) is 33.0 Å². The van der Waals surface area contributed by atoms with Gasteiger partial charge in [-0.2, -0.15) is 0 Å². The molecule has 4 nitrogen and oxygen atoms in total. The predicted molar refractivity (Wildman–Crippen MR) is 114 cm³/mol. The first-order valence-corrected chi connectivity index (χ1v) is 10.8. The minimum atomic E-state index is -0.267. The average Bonchev–Trinajstić information content (AvgIpc) is 3.45. The number of halogens is 1. The number of hydrogen-bond donors (Lipinski definition) is 0. The van der Waals surface area contributed by atoms with Gasteiger partial charge in [-0.25, -0.2) is 9.37 Å². The van der Waals surface area contributed by atoms with E-state index in [1.165, 1.54) is 12.1 Å². The minimum absolute atomic E-state index is 0.267. The van der Waals surface area contributed by atoms with Gasteiger partial charge < -0.3 is 4.42 Å². The van der Waals surface area contributed by atoms with E-state index in [-0.39, 0.29) is 5.82 Å². The molecular formula is C22H14FN3OS2. The van der Waals surface area contributed by atoms with Crippen LogP contribution in [0.2, 0.25) is 0 Å². The topological polar surface area (TPSA) is 51.8 Å². The number of benzene rings is 2. The molecule has 0 amide bonds. The van der Waals surface area contributed by atoms with Crippen LogP contribution in [0.5, 0.6) is 0 Å². The molecule has 5 aromatic rings. The van der Waals surface area contributed by atoms with Gasteiger partial charge in [0.15, 0.2) is 0 Å².